The predicted molar refractivity (Wildman–Crippen MR) is 36.4 cm³/mol. The number of carbonyl (C=O) groups excluding carboxylic acids is 1. The van der Waals surface area contributed by atoms with Crippen LogP contribution in [0.15, 0.2) is 18.7 Å². The molecule has 0 saturated heterocycles. The molecular formula is C7H8N2O. The van der Waals surface area contributed by atoms with Crippen LogP contribution in [0.25, 0.3) is 0 Å². The van der Waals surface area contributed by atoms with Crippen molar-refractivity contribution in [2.24, 2.45) is 0 Å². The third-order valence-corrected chi connectivity index (χ3v) is 1.07. The van der Waals surface area contributed by atoms with E-state index in [4.69, 9.17) is 0 Å². The van der Waals surface area contributed by atoms with Crippen molar-refractivity contribution in [1.29, 1.82) is 0 Å². The summed E-state index contributed by atoms with van der Waals surface area (Å²) in [6.07, 6.45) is 5.17. The van der Waals surface area contributed by atoms with Gasteiger partial charge in [-0.2, -0.15) is 0 Å². The number of carbonyl (C=O) groups is 1. The number of hydrogen-bond acceptors (Lipinski definition) is 3. The first kappa shape index (κ1) is 6.86. The lowest BCUT2D eigenvalue weighted by molar-refractivity contribution is -0.116. The fraction of sp³-hybridized carbons (Fsp3) is 0.286. The van der Waals surface area contributed by atoms with Gasteiger partial charge in [0.25, 0.3) is 0 Å². The summed E-state index contributed by atoms with van der Waals surface area (Å²) >= 11 is 0. The first-order valence-corrected chi connectivity index (χ1v) is 3.02. The number of rotatable bonds is 2. The molecule has 1 aromatic rings. The Bertz CT molecular complexity index is 220. The first-order valence-electron chi connectivity index (χ1n) is 3.02. The van der Waals surface area contributed by atoms with Gasteiger partial charge < -0.3 is 0 Å². The third kappa shape index (κ3) is 1.93. The molecule has 0 radical (unpaired) electrons. The van der Waals surface area contributed by atoms with E-state index in [0.29, 0.717) is 6.42 Å². The zero-order valence-electron chi connectivity index (χ0n) is 5.74. The van der Waals surface area contributed by atoms with E-state index in [9.17, 15) is 4.79 Å². The fourth-order valence-corrected chi connectivity index (χ4v) is 0.709. The SMILES string of the molecule is CC(=O)Cc1cncnc1. The molecule has 0 aromatic carbocycles. The van der Waals surface area contributed by atoms with Crippen molar-refractivity contribution in [2.45, 2.75) is 13.3 Å². The molecule has 0 amide bonds. The highest BCUT2D eigenvalue weighted by Gasteiger charge is 1.95. The van der Waals surface area contributed by atoms with E-state index in [1.807, 2.05) is 0 Å². The Morgan fingerprint density at radius 3 is 2.60 bits per heavy atom. The van der Waals surface area contributed by atoms with Gasteiger partial charge in [-0.1, -0.05) is 0 Å². The summed E-state index contributed by atoms with van der Waals surface area (Å²) in [5.41, 5.74) is 0.870. The number of Topliss-reactive ketones (excluding diaryl/α,β-unsaturated/α-hetero) is 1. The highest BCUT2D eigenvalue weighted by molar-refractivity contribution is 5.77. The van der Waals surface area contributed by atoms with Crippen LogP contribution in [0.4, 0.5) is 0 Å². The quantitative estimate of drug-likeness (QED) is 0.598. The molecule has 0 aliphatic carbocycles. The van der Waals surface area contributed by atoms with Crippen molar-refractivity contribution < 1.29 is 4.79 Å². The van der Waals surface area contributed by atoms with Crippen LogP contribution in [0.2, 0.25) is 0 Å². The summed E-state index contributed by atoms with van der Waals surface area (Å²) in [5.74, 6) is 0.134. The lowest BCUT2D eigenvalue weighted by Crippen LogP contribution is -1.96. The molecule has 1 heterocycles. The van der Waals surface area contributed by atoms with Crippen LogP contribution < -0.4 is 0 Å². The molecule has 3 nitrogen and oxygen atoms in total. The van der Waals surface area contributed by atoms with E-state index < -0.39 is 0 Å². The van der Waals surface area contributed by atoms with Crippen molar-refractivity contribution in [3.8, 4) is 0 Å². The Balaban J connectivity index is 2.67. The normalized spacial score (nSPS) is 9.30. The summed E-state index contributed by atoms with van der Waals surface area (Å²) in [6.45, 7) is 1.55. The predicted octanol–water partition coefficient (Wildman–Crippen LogP) is 0.608. The average molecular weight is 136 g/mol. The van der Waals surface area contributed by atoms with E-state index in [2.05, 4.69) is 9.97 Å². The summed E-state index contributed by atoms with van der Waals surface area (Å²) in [4.78, 5) is 18.1. The van der Waals surface area contributed by atoms with Gasteiger partial charge in [0, 0.05) is 18.8 Å². The molecule has 0 aliphatic heterocycles. The van der Waals surface area contributed by atoms with Crippen LogP contribution in [0, 0.1) is 0 Å². The number of nitrogens with zero attached hydrogens (tertiary/aromatic N) is 2. The molecule has 0 fully saturated rings. The molecule has 0 saturated carbocycles. The maximum absolute atomic E-state index is 10.6. The van der Waals surface area contributed by atoms with Gasteiger partial charge in [0.15, 0.2) is 0 Å². The van der Waals surface area contributed by atoms with E-state index in [1.54, 1.807) is 19.3 Å². The third-order valence-electron chi connectivity index (χ3n) is 1.07. The molecule has 0 atom stereocenters. The Hall–Kier alpha value is -1.25. The van der Waals surface area contributed by atoms with E-state index in [-0.39, 0.29) is 5.78 Å². The molecule has 52 valence electrons. The van der Waals surface area contributed by atoms with Gasteiger partial charge in [-0.25, -0.2) is 9.97 Å². The Labute approximate surface area is 59.1 Å². The molecule has 0 bridgehead atoms. The van der Waals surface area contributed by atoms with Crippen molar-refractivity contribution in [3.05, 3.63) is 24.3 Å². The summed E-state index contributed by atoms with van der Waals surface area (Å²) in [7, 11) is 0. The molecule has 0 unspecified atom stereocenters. The van der Waals surface area contributed by atoms with Gasteiger partial charge in [-0.05, 0) is 12.5 Å². The van der Waals surface area contributed by atoms with Crippen molar-refractivity contribution >= 4 is 5.78 Å². The van der Waals surface area contributed by atoms with Crippen molar-refractivity contribution in [1.82, 2.24) is 9.97 Å². The van der Waals surface area contributed by atoms with Gasteiger partial charge in [0.05, 0.1) is 0 Å². The molecular weight excluding hydrogens is 128 g/mol. The van der Waals surface area contributed by atoms with E-state index >= 15 is 0 Å². The van der Waals surface area contributed by atoms with Crippen molar-refractivity contribution in [2.75, 3.05) is 0 Å². The topological polar surface area (TPSA) is 42.9 Å². The lowest BCUT2D eigenvalue weighted by atomic mass is 10.2. The molecule has 0 aliphatic rings. The van der Waals surface area contributed by atoms with Crippen LogP contribution >= 0.6 is 0 Å². The second-order valence-corrected chi connectivity index (χ2v) is 2.13. The Morgan fingerprint density at radius 2 is 2.10 bits per heavy atom. The van der Waals surface area contributed by atoms with Gasteiger partial charge >= 0.3 is 0 Å². The molecule has 10 heavy (non-hydrogen) atoms. The van der Waals surface area contributed by atoms with Crippen LogP contribution in [-0.2, 0) is 11.2 Å². The van der Waals surface area contributed by atoms with Gasteiger partial charge in [-0.3, -0.25) is 4.79 Å². The average Bonchev–Trinajstić information content (AvgIpc) is 1.88. The smallest absolute Gasteiger partial charge is 0.134 e. The van der Waals surface area contributed by atoms with Gasteiger partial charge in [0.2, 0.25) is 0 Å². The maximum atomic E-state index is 10.6. The number of aromatic nitrogens is 2. The summed E-state index contributed by atoms with van der Waals surface area (Å²) in [5, 5.41) is 0. The molecule has 1 aromatic heterocycles. The number of hydrogen-bond donors (Lipinski definition) is 0. The highest BCUT2D eigenvalue weighted by Crippen LogP contribution is 1.93. The maximum Gasteiger partial charge on any atom is 0.134 e. The molecule has 0 spiro atoms. The van der Waals surface area contributed by atoms with Gasteiger partial charge in [0.1, 0.15) is 12.1 Å². The molecule has 0 N–H and O–H groups in total. The Kier molecular flexibility index (Phi) is 2.10. The Morgan fingerprint density at radius 1 is 1.50 bits per heavy atom. The van der Waals surface area contributed by atoms with Crippen LogP contribution in [0.5, 0.6) is 0 Å². The second-order valence-electron chi connectivity index (χ2n) is 2.13. The van der Waals surface area contributed by atoms with Crippen LogP contribution in [0.3, 0.4) is 0 Å². The lowest BCUT2D eigenvalue weighted by Gasteiger charge is -1.92. The zero-order valence-corrected chi connectivity index (χ0v) is 5.74. The van der Waals surface area contributed by atoms with E-state index in [1.165, 1.54) is 6.33 Å². The second kappa shape index (κ2) is 3.06. The largest absolute Gasteiger partial charge is 0.300 e. The minimum absolute atomic E-state index is 0.134. The molecule has 1 rings (SSSR count). The van der Waals surface area contributed by atoms with Crippen molar-refractivity contribution in [3.63, 3.8) is 0 Å². The standard InChI is InChI=1S/C7H8N2O/c1-6(10)2-7-3-8-5-9-4-7/h3-5H,2H2,1H3. The first-order chi connectivity index (χ1) is 4.79. The highest BCUT2D eigenvalue weighted by atomic mass is 16.1. The summed E-state index contributed by atoms with van der Waals surface area (Å²) < 4.78 is 0. The van der Waals surface area contributed by atoms with Crippen LogP contribution in [0.1, 0.15) is 12.5 Å². The van der Waals surface area contributed by atoms with Crippen LogP contribution in [-0.4, -0.2) is 15.8 Å². The summed E-state index contributed by atoms with van der Waals surface area (Å²) in [6, 6.07) is 0. The minimum Gasteiger partial charge on any atom is -0.300 e. The fourth-order valence-electron chi connectivity index (χ4n) is 0.709. The monoisotopic (exact) mass is 136 g/mol. The van der Waals surface area contributed by atoms with Gasteiger partial charge in [-0.15, -0.1) is 0 Å². The number of ketones is 1. The molecule has 3 heteroatoms. The minimum atomic E-state index is 0.134. The van der Waals surface area contributed by atoms with E-state index in [0.717, 1.165) is 5.56 Å². The zero-order chi connectivity index (χ0) is 7.40.